The SMILES string of the molecule is Cc1c(OS(=O)(=O)F)cc(CS(=O)(=O)F)cc1B(O)O. The predicted molar refractivity (Wildman–Crippen MR) is 65.4 cm³/mol. The molecule has 2 N–H and O–H groups in total. The van der Waals surface area contributed by atoms with Gasteiger partial charge in [-0.15, -0.1) is 3.89 Å². The van der Waals surface area contributed by atoms with Crippen LogP contribution in [0, 0.1) is 6.92 Å². The first-order valence-electron chi connectivity index (χ1n) is 4.95. The quantitative estimate of drug-likeness (QED) is 0.529. The van der Waals surface area contributed by atoms with Crippen molar-refractivity contribution in [2.75, 3.05) is 0 Å². The topological polar surface area (TPSA) is 118 Å². The van der Waals surface area contributed by atoms with Crippen molar-refractivity contribution in [2.24, 2.45) is 0 Å². The molecular weight excluding hydrogens is 321 g/mol. The average Bonchev–Trinajstić information content (AvgIpc) is 2.17. The van der Waals surface area contributed by atoms with Gasteiger partial charge in [0.15, 0.2) is 0 Å². The molecule has 0 aliphatic carbocycles. The van der Waals surface area contributed by atoms with E-state index < -0.39 is 39.3 Å². The van der Waals surface area contributed by atoms with Crippen LogP contribution in [0.25, 0.3) is 0 Å². The smallest absolute Gasteiger partial charge is 0.423 e. The Hall–Kier alpha value is -1.24. The van der Waals surface area contributed by atoms with Crippen molar-refractivity contribution in [2.45, 2.75) is 12.7 Å². The number of benzene rings is 1. The Bertz CT molecular complexity index is 715. The Morgan fingerprint density at radius 2 is 1.75 bits per heavy atom. The summed E-state index contributed by atoms with van der Waals surface area (Å²) in [6.07, 6.45) is 0. The summed E-state index contributed by atoms with van der Waals surface area (Å²) in [4.78, 5) is 0. The number of halogens is 2. The Kier molecular flexibility index (Phi) is 4.74. The lowest BCUT2D eigenvalue weighted by atomic mass is 9.76. The molecule has 0 saturated carbocycles. The fourth-order valence-electron chi connectivity index (χ4n) is 1.51. The van der Waals surface area contributed by atoms with Crippen molar-refractivity contribution in [3.05, 3.63) is 23.3 Å². The highest BCUT2D eigenvalue weighted by molar-refractivity contribution is 7.85. The van der Waals surface area contributed by atoms with Gasteiger partial charge in [-0.05, 0) is 29.6 Å². The van der Waals surface area contributed by atoms with Gasteiger partial charge in [-0.25, -0.2) is 0 Å². The van der Waals surface area contributed by atoms with Gasteiger partial charge in [0, 0.05) is 0 Å². The lowest BCUT2D eigenvalue weighted by Crippen LogP contribution is -2.33. The van der Waals surface area contributed by atoms with E-state index in [1.165, 1.54) is 6.92 Å². The van der Waals surface area contributed by atoms with Crippen molar-refractivity contribution in [1.82, 2.24) is 0 Å². The molecule has 1 aromatic rings. The van der Waals surface area contributed by atoms with Gasteiger partial charge in [-0.2, -0.15) is 16.8 Å². The monoisotopic (exact) mass is 330 g/mol. The molecule has 20 heavy (non-hydrogen) atoms. The van der Waals surface area contributed by atoms with Crippen LogP contribution >= 0.6 is 0 Å². The van der Waals surface area contributed by atoms with Crippen molar-refractivity contribution in [3.63, 3.8) is 0 Å². The third-order valence-corrected chi connectivity index (χ3v) is 3.32. The first kappa shape index (κ1) is 16.8. The summed E-state index contributed by atoms with van der Waals surface area (Å²) < 4.78 is 71.0. The van der Waals surface area contributed by atoms with Crippen LogP contribution in [0.1, 0.15) is 11.1 Å². The Morgan fingerprint density at radius 3 is 2.15 bits per heavy atom. The molecule has 0 atom stereocenters. The molecule has 0 aliphatic heterocycles. The van der Waals surface area contributed by atoms with Crippen LogP contribution in [0.3, 0.4) is 0 Å². The number of hydrogen-bond acceptors (Lipinski definition) is 7. The molecular formula is C8H9BF2O7S2. The second-order valence-corrected chi connectivity index (χ2v) is 6.16. The van der Waals surface area contributed by atoms with Gasteiger partial charge in [0.2, 0.25) is 0 Å². The fraction of sp³-hybridized carbons (Fsp3) is 0.250. The standard InChI is InChI=1S/C8H9BF2O7S2/c1-5-7(9(12)13)2-6(4-19(10,14)15)3-8(5)18-20(11,16)17/h2-3,12-13H,4H2,1H3. The zero-order valence-electron chi connectivity index (χ0n) is 9.95. The normalized spacial score (nSPS) is 12.2. The van der Waals surface area contributed by atoms with E-state index in [0.29, 0.717) is 0 Å². The van der Waals surface area contributed by atoms with Crippen molar-refractivity contribution < 1.29 is 38.8 Å². The Morgan fingerprint density at radius 1 is 1.20 bits per heavy atom. The maximum absolute atomic E-state index is 12.6. The van der Waals surface area contributed by atoms with Crippen LogP contribution in [-0.4, -0.2) is 34.0 Å². The minimum Gasteiger partial charge on any atom is -0.423 e. The van der Waals surface area contributed by atoms with E-state index in [1.807, 2.05) is 0 Å². The summed E-state index contributed by atoms with van der Waals surface area (Å²) in [5, 5.41) is 18.1. The summed E-state index contributed by atoms with van der Waals surface area (Å²) in [6.45, 7) is 1.18. The highest BCUT2D eigenvalue weighted by atomic mass is 32.3. The minimum absolute atomic E-state index is 0.152. The van der Waals surface area contributed by atoms with E-state index in [-0.39, 0.29) is 16.6 Å². The molecule has 0 unspecified atom stereocenters. The highest BCUT2D eigenvalue weighted by Crippen LogP contribution is 2.22. The minimum atomic E-state index is -5.41. The molecule has 112 valence electrons. The van der Waals surface area contributed by atoms with Crippen LogP contribution in [-0.2, 0) is 26.5 Å². The molecule has 0 aromatic heterocycles. The lowest BCUT2D eigenvalue weighted by Gasteiger charge is -2.12. The van der Waals surface area contributed by atoms with Gasteiger partial charge < -0.3 is 14.2 Å². The molecule has 0 heterocycles. The van der Waals surface area contributed by atoms with Crippen molar-refractivity contribution in [3.8, 4) is 5.75 Å². The summed E-state index contributed by atoms with van der Waals surface area (Å²) >= 11 is 0. The lowest BCUT2D eigenvalue weighted by molar-refractivity contribution is 0.422. The van der Waals surface area contributed by atoms with E-state index in [1.54, 1.807) is 0 Å². The molecule has 1 aromatic carbocycles. The van der Waals surface area contributed by atoms with E-state index in [2.05, 4.69) is 4.18 Å². The van der Waals surface area contributed by atoms with Crippen LogP contribution in [0.4, 0.5) is 7.77 Å². The van der Waals surface area contributed by atoms with Crippen molar-refractivity contribution >= 4 is 33.3 Å². The van der Waals surface area contributed by atoms with E-state index in [0.717, 1.165) is 12.1 Å². The molecule has 0 fully saturated rings. The maximum Gasteiger partial charge on any atom is 0.488 e. The van der Waals surface area contributed by atoms with E-state index in [9.17, 15) is 24.6 Å². The molecule has 0 bridgehead atoms. The first-order chi connectivity index (χ1) is 8.89. The maximum atomic E-state index is 12.6. The van der Waals surface area contributed by atoms with E-state index in [4.69, 9.17) is 10.0 Å². The molecule has 1 rings (SSSR count). The number of hydrogen-bond donors (Lipinski definition) is 2. The van der Waals surface area contributed by atoms with Gasteiger partial charge in [-0.3, -0.25) is 0 Å². The fourth-order valence-corrected chi connectivity index (χ4v) is 2.47. The third-order valence-electron chi connectivity index (χ3n) is 2.27. The third kappa shape index (κ3) is 5.04. The zero-order chi connectivity index (χ0) is 15.7. The molecule has 0 aliphatic rings. The molecule has 0 spiro atoms. The van der Waals surface area contributed by atoms with Gasteiger partial charge in [0.1, 0.15) is 11.5 Å². The van der Waals surface area contributed by atoms with Crippen LogP contribution in [0.15, 0.2) is 12.1 Å². The Balaban J connectivity index is 3.42. The van der Waals surface area contributed by atoms with Gasteiger partial charge in [-0.1, -0.05) is 9.95 Å². The highest BCUT2D eigenvalue weighted by Gasteiger charge is 2.23. The second-order valence-electron chi connectivity index (χ2n) is 3.84. The second kappa shape index (κ2) is 5.64. The molecule has 7 nitrogen and oxygen atoms in total. The Labute approximate surface area is 114 Å². The molecule has 0 radical (unpaired) electrons. The van der Waals surface area contributed by atoms with Crippen molar-refractivity contribution in [1.29, 1.82) is 0 Å². The largest absolute Gasteiger partial charge is 0.488 e. The molecule has 12 heteroatoms. The van der Waals surface area contributed by atoms with Gasteiger partial charge in [0.05, 0.1) is 0 Å². The van der Waals surface area contributed by atoms with Crippen LogP contribution in [0.2, 0.25) is 0 Å². The van der Waals surface area contributed by atoms with Crippen LogP contribution in [0.5, 0.6) is 5.75 Å². The summed E-state index contributed by atoms with van der Waals surface area (Å²) in [5.41, 5.74) is -0.828. The first-order valence-corrected chi connectivity index (χ1v) is 7.81. The van der Waals surface area contributed by atoms with E-state index >= 15 is 0 Å². The summed E-state index contributed by atoms with van der Waals surface area (Å²) in [6, 6.07) is 1.70. The summed E-state index contributed by atoms with van der Waals surface area (Å²) in [5.74, 6) is -1.83. The number of rotatable bonds is 5. The zero-order valence-corrected chi connectivity index (χ0v) is 11.6. The van der Waals surface area contributed by atoms with Gasteiger partial charge in [0.25, 0.3) is 0 Å². The predicted octanol–water partition coefficient (Wildman–Crippen LogP) is -0.933. The van der Waals surface area contributed by atoms with Crippen LogP contribution < -0.4 is 9.65 Å². The molecule has 0 saturated heterocycles. The molecule has 0 amide bonds. The average molecular weight is 330 g/mol. The van der Waals surface area contributed by atoms with Gasteiger partial charge >= 0.3 is 27.8 Å². The summed E-state index contributed by atoms with van der Waals surface area (Å²) in [7, 11) is -12.5.